The number of nitrogens with two attached hydrogens (primary N) is 1. The van der Waals surface area contributed by atoms with Gasteiger partial charge in [-0.25, -0.2) is 0 Å². The van der Waals surface area contributed by atoms with Crippen LogP contribution < -0.4 is 5.73 Å². The quantitative estimate of drug-likeness (QED) is 0.389. The van der Waals surface area contributed by atoms with Crippen LogP contribution in [-0.2, 0) is 0 Å². The van der Waals surface area contributed by atoms with Crippen LogP contribution in [0.4, 0.5) is 0 Å². The Hall–Kier alpha value is -0.590. The van der Waals surface area contributed by atoms with Crippen molar-refractivity contribution in [3.05, 3.63) is 0 Å². The molecule has 0 aliphatic heterocycles. The Bertz CT molecular complexity index is 124. The smallest absolute Gasteiger partial charge is 0.131 e. The topological polar surface area (TPSA) is 70.0 Å². The number of nitriles is 1. The van der Waals surface area contributed by atoms with Gasteiger partial charge in [0.15, 0.2) is 0 Å². The third kappa shape index (κ3) is 0.581. The first-order valence-corrected chi connectivity index (χ1v) is 2.08. The van der Waals surface area contributed by atoms with Gasteiger partial charge in [0.1, 0.15) is 5.72 Å². The van der Waals surface area contributed by atoms with E-state index in [4.69, 9.17) is 16.1 Å². The van der Waals surface area contributed by atoms with Crippen molar-refractivity contribution >= 4 is 0 Å². The summed E-state index contributed by atoms with van der Waals surface area (Å²) in [5.74, 6) is -0.313. The fourth-order valence-electron chi connectivity index (χ4n) is 0.425. The Morgan fingerprint density at radius 3 is 2.43 bits per heavy atom. The van der Waals surface area contributed by atoms with E-state index in [1.807, 2.05) is 6.07 Å². The molecule has 1 saturated carbocycles. The molecule has 1 rings (SSSR count). The van der Waals surface area contributed by atoms with Crippen molar-refractivity contribution in [2.24, 2.45) is 11.7 Å². The van der Waals surface area contributed by atoms with Crippen molar-refractivity contribution < 1.29 is 5.11 Å². The van der Waals surface area contributed by atoms with Crippen LogP contribution in [0, 0.1) is 17.2 Å². The zero-order chi connectivity index (χ0) is 5.49. The van der Waals surface area contributed by atoms with Gasteiger partial charge in [0.05, 0.1) is 12.0 Å². The molecule has 3 N–H and O–H groups in total. The molecule has 38 valence electrons. The number of nitrogens with zero attached hydrogens (tertiary/aromatic N) is 1. The summed E-state index contributed by atoms with van der Waals surface area (Å²) in [6, 6.07) is 1.85. The average Bonchev–Trinajstić information content (AvgIpc) is 2.13. The van der Waals surface area contributed by atoms with Gasteiger partial charge in [-0.3, -0.25) is 0 Å². The Labute approximate surface area is 41.4 Å². The van der Waals surface area contributed by atoms with Gasteiger partial charge in [0.25, 0.3) is 0 Å². The lowest BCUT2D eigenvalue weighted by atomic mass is 10.4. The minimum Gasteiger partial charge on any atom is -0.375 e. The molecule has 0 saturated heterocycles. The number of rotatable bonds is 0. The lowest BCUT2D eigenvalue weighted by molar-refractivity contribution is 0.148. The molecule has 0 heterocycles. The Morgan fingerprint density at radius 2 is 2.43 bits per heavy atom. The lowest BCUT2D eigenvalue weighted by Gasteiger charge is -1.91. The molecule has 0 amide bonds. The van der Waals surface area contributed by atoms with Crippen molar-refractivity contribution in [1.29, 1.82) is 5.26 Å². The largest absolute Gasteiger partial charge is 0.375 e. The molecule has 3 nitrogen and oxygen atoms in total. The maximum Gasteiger partial charge on any atom is 0.131 e. The molecule has 2 unspecified atom stereocenters. The first-order valence-electron chi connectivity index (χ1n) is 2.08. The van der Waals surface area contributed by atoms with Gasteiger partial charge < -0.3 is 10.8 Å². The summed E-state index contributed by atoms with van der Waals surface area (Å²) in [6.07, 6.45) is 0.434. The Morgan fingerprint density at radius 1 is 2.00 bits per heavy atom. The van der Waals surface area contributed by atoms with E-state index < -0.39 is 5.72 Å². The van der Waals surface area contributed by atoms with Crippen LogP contribution in [0.5, 0.6) is 0 Å². The van der Waals surface area contributed by atoms with Crippen LogP contribution in [0.25, 0.3) is 0 Å². The summed E-state index contributed by atoms with van der Waals surface area (Å²) in [4.78, 5) is 0. The van der Waals surface area contributed by atoms with Crippen molar-refractivity contribution in [3.8, 4) is 6.07 Å². The van der Waals surface area contributed by atoms with Crippen molar-refractivity contribution in [3.63, 3.8) is 0 Å². The zero-order valence-corrected chi connectivity index (χ0v) is 3.76. The van der Waals surface area contributed by atoms with Gasteiger partial charge in [-0.05, 0) is 0 Å². The van der Waals surface area contributed by atoms with E-state index >= 15 is 0 Å². The first kappa shape index (κ1) is 4.57. The van der Waals surface area contributed by atoms with Gasteiger partial charge in [0.2, 0.25) is 0 Å². The van der Waals surface area contributed by atoms with Crippen LogP contribution in [0.2, 0.25) is 0 Å². The molecule has 1 aliphatic carbocycles. The van der Waals surface area contributed by atoms with Crippen LogP contribution in [0.1, 0.15) is 6.42 Å². The molecule has 0 spiro atoms. The number of aliphatic hydroxyl groups is 1. The highest BCUT2D eigenvalue weighted by molar-refractivity contribution is 5.10. The van der Waals surface area contributed by atoms with Crippen LogP contribution in [0.3, 0.4) is 0 Å². The highest BCUT2D eigenvalue weighted by atomic mass is 16.3. The molecule has 1 fully saturated rings. The monoisotopic (exact) mass is 98.0 g/mol. The predicted molar refractivity (Wildman–Crippen MR) is 22.9 cm³/mol. The van der Waals surface area contributed by atoms with Crippen molar-refractivity contribution in [2.45, 2.75) is 12.1 Å². The summed E-state index contributed by atoms with van der Waals surface area (Å²) < 4.78 is 0. The average molecular weight is 98.1 g/mol. The van der Waals surface area contributed by atoms with Gasteiger partial charge in [-0.2, -0.15) is 5.26 Å². The van der Waals surface area contributed by atoms with Crippen molar-refractivity contribution in [1.82, 2.24) is 0 Å². The van der Waals surface area contributed by atoms with Crippen LogP contribution >= 0.6 is 0 Å². The second kappa shape index (κ2) is 0.971. The van der Waals surface area contributed by atoms with Crippen molar-refractivity contribution in [2.75, 3.05) is 0 Å². The van der Waals surface area contributed by atoms with E-state index in [1.165, 1.54) is 0 Å². The molecule has 0 bridgehead atoms. The summed E-state index contributed by atoms with van der Waals surface area (Å²) in [5, 5.41) is 16.7. The molecular formula is C4H6N2O. The van der Waals surface area contributed by atoms with E-state index in [0.717, 1.165) is 0 Å². The molecule has 0 aromatic carbocycles. The van der Waals surface area contributed by atoms with E-state index in [2.05, 4.69) is 0 Å². The van der Waals surface area contributed by atoms with Gasteiger partial charge in [-0.15, -0.1) is 0 Å². The third-order valence-corrected chi connectivity index (χ3v) is 1.13. The number of hydrogen-bond acceptors (Lipinski definition) is 3. The van der Waals surface area contributed by atoms with Crippen LogP contribution in [0.15, 0.2) is 0 Å². The first-order chi connectivity index (χ1) is 3.17. The van der Waals surface area contributed by atoms with Gasteiger partial charge in [0, 0.05) is 6.42 Å². The Kier molecular flexibility index (Phi) is 0.633. The maximum absolute atomic E-state index is 8.65. The second-order valence-corrected chi connectivity index (χ2v) is 1.88. The minimum atomic E-state index is -1.14. The molecular weight excluding hydrogens is 92.1 g/mol. The molecule has 0 aromatic heterocycles. The molecule has 0 aromatic rings. The van der Waals surface area contributed by atoms with E-state index in [0.29, 0.717) is 6.42 Å². The van der Waals surface area contributed by atoms with E-state index in [1.54, 1.807) is 0 Å². The third-order valence-electron chi connectivity index (χ3n) is 1.13. The number of hydrogen-bond donors (Lipinski definition) is 2. The normalized spacial score (nSPS) is 47.9. The maximum atomic E-state index is 8.65. The molecule has 0 radical (unpaired) electrons. The molecule has 7 heavy (non-hydrogen) atoms. The van der Waals surface area contributed by atoms with E-state index in [9.17, 15) is 0 Å². The highest BCUT2D eigenvalue weighted by Gasteiger charge is 2.50. The predicted octanol–water partition coefficient (Wildman–Crippen LogP) is -0.823. The highest BCUT2D eigenvalue weighted by Crippen LogP contribution is 2.36. The minimum absolute atomic E-state index is 0.313. The van der Waals surface area contributed by atoms with Gasteiger partial charge >= 0.3 is 0 Å². The van der Waals surface area contributed by atoms with E-state index in [-0.39, 0.29) is 5.92 Å². The molecule has 2 atom stereocenters. The molecule has 1 aliphatic rings. The van der Waals surface area contributed by atoms with Gasteiger partial charge in [-0.1, -0.05) is 0 Å². The Balaban J connectivity index is 2.49. The standard InChI is InChI=1S/C4H6N2O/c5-2-3-1-4(3,6)7/h3,7H,1,6H2. The fourth-order valence-corrected chi connectivity index (χ4v) is 0.425. The summed E-state index contributed by atoms with van der Waals surface area (Å²) in [5.41, 5.74) is 3.91. The molecule has 3 heteroatoms. The SMILES string of the molecule is N#CC1CC1(N)O. The summed E-state index contributed by atoms with van der Waals surface area (Å²) in [7, 11) is 0. The summed E-state index contributed by atoms with van der Waals surface area (Å²) >= 11 is 0. The second-order valence-electron chi connectivity index (χ2n) is 1.88. The fraction of sp³-hybridized carbons (Fsp3) is 0.750. The lowest BCUT2D eigenvalue weighted by Crippen LogP contribution is -2.22. The zero-order valence-electron chi connectivity index (χ0n) is 3.76. The van der Waals surface area contributed by atoms with Crippen LogP contribution in [-0.4, -0.2) is 10.8 Å². The summed E-state index contributed by atoms with van der Waals surface area (Å²) in [6.45, 7) is 0.